The fourth-order valence-electron chi connectivity index (χ4n) is 3.11. The summed E-state index contributed by atoms with van der Waals surface area (Å²) in [5.41, 5.74) is 0.985. The number of carbonyl (C=O) groups is 1. The summed E-state index contributed by atoms with van der Waals surface area (Å²) in [7, 11) is 0. The van der Waals surface area contributed by atoms with Crippen molar-refractivity contribution >= 4 is 17.6 Å². The van der Waals surface area contributed by atoms with E-state index in [1.54, 1.807) is 6.92 Å². The number of aromatic nitrogens is 2. The van der Waals surface area contributed by atoms with Gasteiger partial charge in [-0.2, -0.15) is 0 Å². The van der Waals surface area contributed by atoms with Gasteiger partial charge in [-0.3, -0.25) is 9.36 Å². The molecule has 0 amide bonds. The predicted octanol–water partition coefficient (Wildman–Crippen LogP) is 2.29. The molecule has 6 heteroatoms. The molecule has 1 aliphatic carbocycles. The Labute approximate surface area is 128 Å². The Hall–Kier alpha value is -1.36. The van der Waals surface area contributed by atoms with E-state index >= 15 is 0 Å². The lowest BCUT2D eigenvalue weighted by Gasteiger charge is -2.25. The van der Waals surface area contributed by atoms with Gasteiger partial charge in [0.2, 0.25) is 0 Å². The Morgan fingerprint density at radius 2 is 2.19 bits per heavy atom. The van der Waals surface area contributed by atoms with E-state index in [0.717, 1.165) is 12.8 Å². The van der Waals surface area contributed by atoms with Gasteiger partial charge in [-0.15, -0.1) is 0 Å². The maximum absolute atomic E-state index is 12.6. The van der Waals surface area contributed by atoms with Crippen LogP contribution in [0.3, 0.4) is 0 Å². The third-order valence-electron chi connectivity index (χ3n) is 4.46. The predicted molar refractivity (Wildman–Crippen MR) is 78.5 cm³/mol. The van der Waals surface area contributed by atoms with Gasteiger partial charge < -0.3 is 4.74 Å². The van der Waals surface area contributed by atoms with Crippen molar-refractivity contribution in [3.8, 4) is 0 Å². The molecule has 5 nitrogen and oxygen atoms in total. The molecule has 2 heterocycles. The lowest BCUT2D eigenvalue weighted by atomic mass is 9.82. The second kappa shape index (κ2) is 5.79. The third-order valence-corrected chi connectivity index (χ3v) is 4.76. The van der Waals surface area contributed by atoms with Crippen LogP contribution >= 0.6 is 11.6 Å². The number of nitrogens with zero attached hydrogens (tertiary/aromatic N) is 2. The number of carbonyl (C=O) groups excluding carboxylic acids is 1. The standard InChI is InChI=1S/C15H19ClN2O3/c1-2-21-15(20)12-7-6-11-13(16)17-10(14(19)18(11)12)8-9-4-3-5-9/h9,12H,2-8H2,1H3/t12-/m0/s1. The van der Waals surface area contributed by atoms with E-state index in [4.69, 9.17) is 16.3 Å². The van der Waals surface area contributed by atoms with Crippen LogP contribution in [-0.2, 0) is 22.4 Å². The molecule has 1 fully saturated rings. The van der Waals surface area contributed by atoms with Gasteiger partial charge in [0.15, 0.2) is 0 Å². The molecule has 0 saturated heterocycles. The average molecular weight is 311 g/mol. The Bertz CT molecular complexity index is 622. The molecule has 0 aromatic carbocycles. The molecule has 0 bridgehead atoms. The zero-order chi connectivity index (χ0) is 15.0. The Morgan fingerprint density at radius 3 is 2.81 bits per heavy atom. The Morgan fingerprint density at radius 1 is 1.43 bits per heavy atom. The van der Waals surface area contributed by atoms with Crippen LogP contribution < -0.4 is 5.56 Å². The summed E-state index contributed by atoms with van der Waals surface area (Å²) < 4.78 is 6.58. The first-order valence-electron chi connectivity index (χ1n) is 7.58. The molecule has 0 unspecified atom stereocenters. The van der Waals surface area contributed by atoms with Crippen LogP contribution in [-0.4, -0.2) is 22.1 Å². The maximum Gasteiger partial charge on any atom is 0.329 e. The third kappa shape index (κ3) is 2.59. The van der Waals surface area contributed by atoms with Gasteiger partial charge in [0, 0.05) is 0 Å². The zero-order valence-corrected chi connectivity index (χ0v) is 12.9. The minimum Gasteiger partial charge on any atom is -0.464 e. The van der Waals surface area contributed by atoms with Gasteiger partial charge in [-0.05, 0) is 32.1 Å². The summed E-state index contributed by atoms with van der Waals surface area (Å²) in [4.78, 5) is 29.0. The maximum atomic E-state index is 12.6. The summed E-state index contributed by atoms with van der Waals surface area (Å²) in [6.45, 7) is 2.07. The number of fused-ring (bicyclic) bond motifs is 1. The molecule has 1 saturated carbocycles. The van der Waals surface area contributed by atoms with E-state index in [-0.39, 0.29) is 11.5 Å². The van der Waals surface area contributed by atoms with E-state index in [2.05, 4.69) is 4.98 Å². The molecular weight excluding hydrogens is 292 g/mol. The van der Waals surface area contributed by atoms with Crippen LogP contribution in [0.25, 0.3) is 0 Å². The van der Waals surface area contributed by atoms with Crippen molar-refractivity contribution in [1.29, 1.82) is 0 Å². The molecule has 1 aliphatic heterocycles. The van der Waals surface area contributed by atoms with Crippen molar-refractivity contribution in [3.05, 3.63) is 26.9 Å². The van der Waals surface area contributed by atoms with Crippen molar-refractivity contribution in [2.75, 3.05) is 6.61 Å². The van der Waals surface area contributed by atoms with Gasteiger partial charge in [0.05, 0.1) is 12.3 Å². The Kier molecular flexibility index (Phi) is 4.02. The first-order valence-corrected chi connectivity index (χ1v) is 7.96. The van der Waals surface area contributed by atoms with Crippen molar-refractivity contribution in [2.45, 2.75) is 51.5 Å². The molecule has 1 aromatic rings. The molecule has 0 radical (unpaired) electrons. The first-order chi connectivity index (χ1) is 10.1. The van der Waals surface area contributed by atoms with Crippen molar-refractivity contribution in [2.24, 2.45) is 5.92 Å². The molecular formula is C15H19ClN2O3. The van der Waals surface area contributed by atoms with E-state index < -0.39 is 6.04 Å². The number of rotatable bonds is 4. The highest BCUT2D eigenvalue weighted by Gasteiger charge is 2.34. The van der Waals surface area contributed by atoms with Gasteiger partial charge in [0.25, 0.3) is 5.56 Å². The van der Waals surface area contributed by atoms with Crippen molar-refractivity contribution in [3.63, 3.8) is 0 Å². The summed E-state index contributed by atoms with van der Waals surface area (Å²) in [5.74, 6) is 0.178. The summed E-state index contributed by atoms with van der Waals surface area (Å²) in [6, 6.07) is -0.548. The fourth-order valence-corrected chi connectivity index (χ4v) is 3.40. The zero-order valence-electron chi connectivity index (χ0n) is 12.1. The molecule has 3 rings (SSSR count). The van der Waals surface area contributed by atoms with E-state index in [9.17, 15) is 9.59 Å². The molecule has 114 valence electrons. The van der Waals surface area contributed by atoms with Crippen LogP contribution in [0.15, 0.2) is 4.79 Å². The second-order valence-corrected chi connectivity index (χ2v) is 6.14. The van der Waals surface area contributed by atoms with E-state index in [0.29, 0.717) is 48.3 Å². The number of hydrogen-bond acceptors (Lipinski definition) is 4. The van der Waals surface area contributed by atoms with Crippen LogP contribution in [0.5, 0.6) is 0 Å². The molecule has 21 heavy (non-hydrogen) atoms. The second-order valence-electron chi connectivity index (χ2n) is 5.78. The lowest BCUT2D eigenvalue weighted by molar-refractivity contribution is -0.147. The summed E-state index contributed by atoms with van der Waals surface area (Å²) >= 11 is 6.22. The molecule has 0 N–H and O–H groups in total. The van der Waals surface area contributed by atoms with Crippen LogP contribution in [0.1, 0.15) is 50.0 Å². The smallest absolute Gasteiger partial charge is 0.329 e. The normalized spacial score (nSPS) is 21.0. The topological polar surface area (TPSA) is 61.2 Å². The highest BCUT2D eigenvalue weighted by Crippen LogP contribution is 2.32. The monoisotopic (exact) mass is 310 g/mol. The van der Waals surface area contributed by atoms with Gasteiger partial charge in [-0.25, -0.2) is 9.78 Å². The van der Waals surface area contributed by atoms with Crippen LogP contribution in [0.2, 0.25) is 5.15 Å². The van der Waals surface area contributed by atoms with Gasteiger partial charge >= 0.3 is 5.97 Å². The largest absolute Gasteiger partial charge is 0.464 e. The summed E-state index contributed by atoms with van der Waals surface area (Å²) in [5, 5.41) is 0.357. The van der Waals surface area contributed by atoms with Gasteiger partial charge in [0.1, 0.15) is 16.9 Å². The molecule has 0 spiro atoms. The van der Waals surface area contributed by atoms with Crippen molar-refractivity contribution < 1.29 is 9.53 Å². The number of halogens is 1. The van der Waals surface area contributed by atoms with E-state index in [1.165, 1.54) is 11.0 Å². The lowest BCUT2D eigenvalue weighted by Crippen LogP contribution is -2.33. The minimum atomic E-state index is -0.548. The number of ether oxygens (including phenoxy) is 1. The van der Waals surface area contributed by atoms with Crippen molar-refractivity contribution in [1.82, 2.24) is 9.55 Å². The quantitative estimate of drug-likeness (QED) is 0.801. The summed E-state index contributed by atoms with van der Waals surface area (Å²) in [6.07, 6.45) is 5.31. The fraction of sp³-hybridized carbons (Fsp3) is 0.667. The highest BCUT2D eigenvalue weighted by atomic mass is 35.5. The minimum absolute atomic E-state index is 0.170. The van der Waals surface area contributed by atoms with E-state index in [1.807, 2.05) is 0 Å². The van der Waals surface area contributed by atoms with Crippen LogP contribution in [0.4, 0.5) is 0 Å². The molecule has 2 aliphatic rings. The molecule has 1 atom stereocenters. The molecule has 1 aromatic heterocycles. The van der Waals surface area contributed by atoms with Crippen LogP contribution in [0, 0.1) is 5.92 Å². The number of hydrogen-bond donors (Lipinski definition) is 0. The van der Waals surface area contributed by atoms with Gasteiger partial charge in [-0.1, -0.05) is 30.9 Å². The first kappa shape index (κ1) is 14.6. The Balaban J connectivity index is 1.97. The SMILES string of the molecule is CCOC(=O)[C@@H]1CCc2c(Cl)nc(CC3CCC3)c(=O)n21. The highest BCUT2D eigenvalue weighted by molar-refractivity contribution is 6.30. The average Bonchev–Trinajstić information content (AvgIpc) is 2.85. The number of esters is 1.